The first-order valence-electron chi connectivity index (χ1n) is 10.8. The first kappa shape index (κ1) is 24.6. The highest BCUT2D eigenvalue weighted by atomic mass is 32.2. The van der Waals surface area contributed by atoms with Crippen LogP contribution in [0, 0.1) is 11.3 Å². The number of ether oxygens (including phenoxy) is 2. The van der Waals surface area contributed by atoms with Crippen LogP contribution in [0.15, 0.2) is 36.4 Å². The maximum absolute atomic E-state index is 12.5. The van der Waals surface area contributed by atoms with E-state index in [9.17, 15) is 18.5 Å². The first-order chi connectivity index (χ1) is 15.7. The van der Waals surface area contributed by atoms with Crippen LogP contribution in [0.3, 0.4) is 0 Å². The summed E-state index contributed by atoms with van der Waals surface area (Å²) in [7, 11) is -3.61. The van der Waals surface area contributed by atoms with Gasteiger partial charge in [-0.05, 0) is 67.6 Å². The lowest BCUT2D eigenvalue weighted by atomic mass is 10.0. The summed E-state index contributed by atoms with van der Waals surface area (Å²) in [4.78, 5) is 10.8. The van der Waals surface area contributed by atoms with Crippen molar-refractivity contribution < 1.29 is 27.8 Å². The van der Waals surface area contributed by atoms with Gasteiger partial charge in [0.25, 0.3) is 0 Å². The van der Waals surface area contributed by atoms with Gasteiger partial charge in [0.15, 0.2) is 0 Å². The van der Waals surface area contributed by atoms with E-state index in [0.717, 1.165) is 16.7 Å². The van der Waals surface area contributed by atoms with Crippen LogP contribution in [0.25, 0.3) is 0 Å². The van der Waals surface area contributed by atoms with Crippen LogP contribution in [0.5, 0.6) is 11.5 Å². The summed E-state index contributed by atoms with van der Waals surface area (Å²) in [5.74, 6) is -0.304. The number of carbonyl (C=O) groups is 1. The molecule has 0 spiro atoms. The molecule has 0 unspecified atom stereocenters. The van der Waals surface area contributed by atoms with Gasteiger partial charge in [0, 0.05) is 13.1 Å². The zero-order chi connectivity index (χ0) is 24.0. The van der Waals surface area contributed by atoms with Crippen LogP contribution in [-0.2, 0) is 34.3 Å². The van der Waals surface area contributed by atoms with E-state index in [1.54, 1.807) is 12.1 Å². The highest BCUT2D eigenvalue weighted by molar-refractivity contribution is 7.89. The van der Waals surface area contributed by atoms with E-state index < -0.39 is 28.2 Å². The van der Waals surface area contributed by atoms with Gasteiger partial charge < -0.3 is 14.6 Å². The number of hydrogen-bond acceptors (Lipinski definition) is 6. The van der Waals surface area contributed by atoms with Crippen molar-refractivity contribution in [1.29, 1.82) is 5.26 Å². The third-order valence-electron chi connectivity index (χ3n) is 5.34. The molecule has 2 aromatic rings. The van der Waals surface area contributed by atoms with Gasteiger partial charge >= 0.3 is 5.97 Å². The number of carboxylic acid groups (broad SMARTS) is 1. The first-order valence-corrected chi connectivity index (χ1v) is 12.4. The average Bonchev–Trinajstić information content (AvgIpc) is 2.99. The third kappa shape index (κ3) is 6.70. The maximum atomic E-state index is 12.5. The lowest BCUT2D eigenvalue weighted by molar-refractivity contribution is -0.136. The molecule has 0 fully saturated rings. The Morgan fingerprint density at radius 2 is 1.88 bits per heavy atom. The second-order valence-corrected chi connectivity index (χ2v) is 10.3. The molecule has 2 aromatic carbocycles. The maximum Gasteiger partial charge on any atom is 0.304 e. The SMILES string of the molecule is CC(C)Oc1ccc(COc2ccc3c(c2)CCN(S(=O)(=O)CCC(=O)O)CC3)cc1C#N. The Morgan fingerprint density at radius 3 is 2.55 bits per heavy atom. The van der Waals surface area contributed by atoms with Crippen LogP contribution in [0.4, 0.5) is 0 Å². The number of fused-ring (bicyclic) bond motifs is 1. The van der Waals surface area contributed by atoms with Gasteiger partial charge in [0.1, 0.15) is 24.2 Å². The Hall–Kier alpha value is -3.09. The largest absolute Gasteiger partial charge is 0.490 e. The van der Waals surface area contributed by atoms with Crippen LogP contribution in [0.2, 0.25) is 0 Å². The molecule has 0 saturated carbocycles. The molecule has 1 aliphatic heterocycles. The summed E-state index contributed by atoms with van der Waals surface area (Å²) in [5.41, 5.74) is 3.37. The molecule has 0 radical (unpaired) electrons. The minimum absolute atomic E-state index is 0.0261. The van der Waals surface area contributed by atoms with Gasteiger partial charge in [-0.2, -0.15) is 5.26 Å². The molecule has 1 N–H and O–H groups in total. The van der Waals surface area contributed by atoms with Gasteiger partial charge in [0.2, 0.25) is 10.0 Å². The fourth-order valence-electron chi connectivity index (χ4n) is 3.67. The fraction of sp³-hybridized carbons (Fsp3) is 0.417. The fourth-order valence-corrected chi connectivity index (χ4v) is 5.10. The van der Waals surface area contributed by atoms with Crippen molar-refractivity contribution in [2.24, 2.45) is 0 Å². The number of sulfonamides is 1. The van der Waals surface area contributed by atoms with Gasteiger partial charge in [-0.15, -0.1) is 0 Å². The highest BCUT2D eigenvalue weighted by Crippen LogP contribution is 2.25. The molecule has 8 nitrogen and oxygen atoms in total. The molecule has 1 aliphatic rings. The predicted octanol–water partition coefficient (Wildman–Crippen LogP) is 3.13. The topological polar surface area (TPSA) is 117 Å². The normalized spacial score (nSPS) is 14.2. The van der Waals surface area contributed by atoms with Crippen LogP contribution in [-0.4, -0.2) is 48.7 Å². The van der Waals surface area contributed by atoms with E-state index in [0.29, 0.717) is 43.0 Å². The Morgan fingerprint density at radius 1 is 1.15 bits per heavy atom. The second kappa shape index (κ2) is 10.7. The van der Waals surface area contributed by atoms with Crippen LogP contribution < -0.4 is 9.47 Å². The van der Waals surface area contributed by atoms with Gasteiger partial charge in [-0.25, -0.2) is 12.7 Å². The van der Waals surface area contributed by atoms with E-state index in [2.05, 4.69) is 6.07 Å². The minimum atomic E-state index is -3.61. The Balaban J connectivity index is 1.65. The molecular formula is C24H28N2O6S. The molecule has 0 aliphatic carbocycles. The van der Waals surface area contributed by atoms with Crippen molar-refractivity contribution in [3.05, 3.63) is 58.7 Å². The average molecular weight is 473 g/mol. The number of carboxylic acids is 1. The van der Waals surface area contributed by atoms with Crippen molar-refractivity contribution in [1.82, 2.24) is 4.31 Å². The Kier molecular flexibility index (Phi) is 7.95. The zero-order valence-electron chi connectivity index (χ0n) is 18.8. The molecule has 9 heteroatoms. The summed E-state index contributed by atoms with van der Waals surface area (Å²) in [6.45, 7) is 4.73. The van der Waals surface area contributed by atoms with E-state index in [4.69, 9.17) is 14.6 Å². The van der Waals surface area contributed by atoms with Crippen LogP contribution in [0.1, 0.15) is 42.5 Å². The second-order valence-electron chi connectivity index (χ2n) is 8.19. The molecule has 1 heterocycles. The van der Waals surface area contributed by atoms with Gasteiger partial charge in [-0.1, -0.05) is 12.1 Å². The molecule has 0 atom stereocenters. The van der Waals surface area contributed by atoms with Crippen molar-refractivity contribution in [3.63, 3.8) is 0 Å². The molecule has 176 valence electrons. The zero-order valence-corrected chi connectivity index (χ0v) is 19.6. The lowest BCUT2D eigenvalue weighted by Gasteiger charge is -2.19. The Labute approximate surface area is 194 Å². The van der Waals surface area contributed by atoms with Crippen molar-refractivity contribution in [3.8, 4) is 17.6 Å². The summed E-state index contributed by atoms with van der Waals surface area (Å²) >= 11 is 0. The summed E-state index contributed by atoms with van der Waals surface area (Å²) in [5, 5.41) is 18.2. The standard InChI is InChI=1S/C24H28N2O6S/c1-17(2)32-23-6-3-18(13-21(23)15-25)16-31-22-5-4-19-7-10-26(11-8-20(19)14-22)33(29,30)12-9-24(27)28/h3-6,13-14,17H,7-12,16H2,1-2H3,(H,27,28). The minimum Gasteiger partial charge on any atom is -0.490 e. The molecule has 0 amide bonds. The smallest absolute Gasteiger partial charge is 0.304 e. The molecular weight excluding hydrogens is 444 g/mol. The number of nitriles is 1. The lowest BCUT2D eigenvalue weighted by Crippen LogP contribution is -2.35. The summed E-state index contributed by atoms with van der Waals surface area (Å²) in [6, 6.07) is 13.3. The van der Waals surface area contributed by atoms with E-state index in [-0.39, 0.29) is 12.7 Å². The number of aliphatic carboxylic acids is 1. The van der Waals surface area contributed by atoms with E-state index in [1.165, 1.54) is 4.31 Å². The van der Waals surface area contributed by atoms with Crippen LogP contribution >= 0.6 is 0 Å². The summed E-state index contributed by atoms with van der Waals surface area (Å²) in [6.07, 6.45) is 0.660. The van der Waals surface area contributed by atoms with Gasteiger partial charge in [0.05, 0.1) is 23.8 Å². The monoisotopic (exact) mass is 472 g/mol. The molecule has 3 rings (SSSR count). The summed E-state index contributed by atoms with van der Waals surface area (Å²) < 4.78 is 37.9. The van der Waals surface area contributed by atoms with Crippen molar-refractivity contribution >= 4 is 16.0 Å². The molecule has 33 heavy (non-hydrogen) atoms. The number of hydrogen-bond donors (Lipinski definition) is 1. The molecule has 0 bridgehead atoms. The molecule has 0 saturated heterocycles. The van der Waals surface area contributed by atoms with Crippen molar-refractivity contribution in [2.75, 3.05) is 18.8 Å². The van der Waals surface area contributed by atoms with E-state index >= 15 is 0 Å². The Bertz CT molecular complexity index is 1150. The number of benzene rings is 2. The van der Waals surface area contributed by atoms with Crippen molar-refractivity contribution in [2.45, 2.75) is 45.8 Å². The quantitative estimate of drug-likeness (QED) is 0.596. The predicted molar refractivity (Wildman–Crippen MR) is 123 cm³/mol. The van der Waals surface area contributed by atoms with Gasteiger partial charge in [-0.3, -0.25) is 4.79 Å². The van der Waals surface area contributed by atoms with E-state index in [1.807, 2.05) is 38.1 Å². The molecule has 0 aromatic heterocycles. The number of nitrogens with zero attached hydrogens (tertiary/aromatic N) is 2. The third-order valence-corrected chi connectivity index (χ3v) is 7.21. The number of rotatable bonds is 9. The highest BCUT2D eigenvalue weighted by Gasteiger charge is 2.25.